The smallest absolute Gasteiger partial charge is 0.244 e. The van der Waals surface area contributed by atoms with Crippen molar-refractivity contribution in [3.63, 3.8) is 0 Å². The van der Waals surface area contributed by atoms with Crippen molar-refractivity contribution in [1.29, 1.82) is 0 Å². The number of carbonyl (C=O) groups is 2. The predicted octanol–water partition coefficient (Wildman–Crippen LogP) is 0.816. The van der Waals surface area contributed by atoms with Crippen LogP contribution in [0.5, 0.6) is 0 Å². The number of hydrogen-bond donors (Lipinski definition) is 2. The molecule has 108 valence electrons. The van der Waals surface area contributed by atoms with Crippen LogP contribution in [0.25, 0.3) is 0 Å². The van der Waals surface area contributed by atoms with Crippen LogP contribution in [-0.2, 0) is 9.59 Å². The molecule has 0 saturated carbocycles. The first-order valence-corrected chi connectivity index (χ1v) is 7.26. The lowest BCUT2D eigenvalue weighted by Crippen LogP contribution is -2.49. The summed E-state index contributed by atoms with van der Waals surface area (Å²) in [5.74, 6) is -0.743. The van der Waals surface area contributed by atoms with Crippen LogP contribution in [0.3, 0.4) is 0 Å². The van der Waals surface area contributed by atoms with Gasteiger partial charge in [0, 0.05) is 13.1 Å². The second-order valence-corrected chi connectivity index (χ2v) is 5.48. The predicted molar refractivity (Wildman–Crippen MR) is 78.6 cm³/mol. The van der Waals surface area contributed by atoms with Gasteiger partial charge in [-0.3, -0.25) is 9.59 Å². The molecule has 2 amide bonds. The van der Waals surface area contributed by atoms with Crippen LogP contribution in [0.2, 0.25) is 0 Å². The average molecular weight is 285 g/mol. The second-order valence-electron chi connectivity index (χ2n) is 5.01. The van der Waals surface area contributed by atoms with Crippen LogP contribution in [-0.4, -0.2) is 40.8 Å². The minimum Gasteiger partial charge on any atom is -0.393 e. The van der Waals surface area contributed by atoms with E-state index in [0.717, 1.165) is 32.4 Å². The number of carbonyl (C=O) groups excluding carboxylic acids is 2. The Morgan fingerprint density at radius 3 is 2.42 bits per heavy atom. The molecule has 19 heavy (non-hydrogen) atoms. The Morgan fingerprint density at radius 2 is 1.95 bits per heavy atom. The van der Waals surface area contributed by atoms with Crippen LogP contribution < -0.4 is 11.1 Å². The number of rotatable bonds is 6. The summed E-state index contributed by atoms with van der Waals surface area (Å²) < 4.78 is 0. The molecule has 1 aliphatic rings. The van der Waals surface area contributed by atoms with Gasteiger partial charge in [-0.1, -0.05) is 25.6 Å². The number of nitrogens with one attached hydrogen (secondary N) is 1. The van der Waals surface area contributed by atoms with Crippen LogP contribution in [0, 0.1) is 5.92 Å². The molecule has 1 rings (SSSR count). The summed E-state index contributed by atoms with van der Waals surface area (Å²) in [4.78, 5) is 26.1. The quantitative estimate of drug-likeness (QED) is 0.708. The molecule has 5 nitrogen and oxygen atoms in total. The minimum absolute atomic E-state index is 0.0240. The first-order chi connectivity index (χ1) is 8.97. The minimum atomic E-state index is -0.515. The van der Waals surface area contributed by atoms with Gasteiger partial charge in [-0.2, -0.15) is 0 Å². The van der Waals surface area contributed by atoms with E-state index in [2.05, 4.69) is 5.32 Å². The zero-order chi connectivity index (χ0) is 14.4. The maximum atomic E-state index is 12.1. The van der Waals surface area contributed by atoms with Crippen molar-refractivity contribution in [2.24, 2.45) is 11.7 Å². The highest BCUT2D eigenvalue weighted by molar-refractivity contribution is 7.80. The highest BCUT2D eigenvalue weighted by atomic mass is 32.1. The normalized spacial score (nSPS) is 17.9. The van der Waals surface area contributed by atoms with Gasteiger partial charge >= 0.3 is 0 Å². The van der Waals surface area contributed by atoms with Crippen LogP contribution in [0.1, 0.15) is 39.5 Å². The molecule has 0 aromatic heterocycles. The molecule has 0 aromatic carbocycles. The van der Waals surface area contributed by atoms with E-state index in [1.54, 1.807) is 11.8 Å². The summed E-state index contributed by atoms with van der Waals surface area (Å²) in [5, 5.41) is 2.73. The molecule has 0 aromatic rings. The number of thiocarbonyl (C=S) groups is 1. The fraction of sp³-hybridized carbons (Fsp3) is 0.769. The molecule has 2 atom stereocenters. The fourth-order valence-corrected chi connectivity index (χ4v) is 2.50. The molecule has 1 saturated heterocycles. The fourth-order valence-electron chi connectivity index (χ4n) is 2.28. The van der Waals surface area contributed by atoms with Crippen LogP contribution in [0.15, 0.2) is 0 Å². The van der Waals surface area contributed by atoms with Gasteiger partial charge in [0.2, 0.25) is 11.8 Å². The molecular formula is C13H23N3O2S. The van der Waals surface area contributed by atoms with Crippen molar-refractivity contribution in [2.75, 3.05) is 13.1 Å². The molecule has 0 radical (unpaired) electrons. The lowest BCUT2D eigenvalue weighted by atomic mass is 10.0. The zero-order valence-electron chi connectivity index (χ0n) is 11.6. The maximum absolute atomic E-state index is 12.1. The standard InChI is InChI=1S/C13H23N3O2S/c1-3-6-10(11(14)19)12(17)15-9(2)13(18)16-7-4-5-8-16/h9-10H,3-8H2,1-2H3,(H2,14,19)(H,15,17). The molecule has 0 aliphatic carbocycles. The van der Waals surface area contributed by atoms with E-state index in [1.807, 2.05) is 6.92 Å². The van der Waals surface area contributed by atoms with E-state index in [4.69, 9.17) is 18.0 Å². The Labute approximate surface area is 119 Å². The van der Waals surface area contributed by atoms with Gasteiger partial charge < -0.3 is 16.0 Å². The van der Waals surface area contributed by atoms with Crippen LogP contribution in [0.4, 0.5) is 0 Å². The maximum Gasteiger partial charge on any atom is 0.244 e. The monoisotopic (exact) mass is 285 g/mol. The van der Waals surface area contributed by atoms with Gasteiger partial charge in [-0.05, 0) is 26.2 Å². The number of likely N-dealkylation sites (tertiary alicyclic amines) is 1. The van der Waals surface area contributed by atoms with E-state index in [0.29, 0.717) is 6.42 Å². The summed E-state index contributed by atoms with van der Waals surface area (Å²) in [7, 11) is 0. The summed E-state index contributed by atoms with van der Waals surface area (Å²) in [6.45, 7) is 5.25. The summed E-state index contributed by atoms with van der Waals surface area (Å²) >= 11 is 4.91. The third kappa shape index (κ3) is 4.45. The van der Waals surface area contributed by atoms with Crippen molar-refractivity contribution in [1.82, 2.24) is 10.2 Å². The Morgan fingerprint density at radius 1 is 1.37 bits per heavy atom. The van der Waals surface area contributed by atoms with Gasteiger partial charge in [-0.25, -0.2) is 0 Å². The topological polar surface area (TPSA) is 75.4 Å². The second kappa shape index (κ2) is 7.43. The molecule has 3 N–H and O–H groups in total. The molecule has 2 unspecified atom stereocenters. The van der Waals surface area contributed by atoms with Gasteiger partial charge in [0.25, 0.3) is 0 Å². The Hall–Kier alpha value is -1.17. The van der Waals surface area contributed by atoms with Gasteiger partial charge in [-0.15, -0.1) is 0 Å². The lowest BCUT2D eigenvalue weighted by molar-refractivity contribution is -0.135. The number of nitrogens with zero attached hydrogens (tertiary/aromatic N) is 1. The third-order valence-electron chi connectivity index (χ3n) is 3.38. The first-order valence-electron chi connectivity index (χ1n) is 6.85. The molecular weight excluding hydrogens is 262 g/mol. The Bertz CT molecular complexity index is 354. The molecule has 1 aliphatic heterocycles. The highest BCUT2D eigenvalue weighted by Crippen LogP contribution is 2.11. The number of nitrogens with two attached hydrogens (primary N) is 1. The Kier molecular flexibility index (Phi) is 6.21. The third-order valence-corrected chi connectivity index (χ3v) is 3.67. The van der Waals surface area contributed by atoms with Crippen molar-refractivity contribution >= 4 is 29.0 Å². The lowest BCUT2D eigenvalue weighted by Gasteiger charge is -2.23. The SMILES string of the molecule is CCCC(C(=O)NC(C)C(=O)N1CCCC1)C(N)=S. The van der Waals surface area contributed by atoms with E-state index in [9.17, 15) is 9.59 Å². The van der Waals surface area contributed by atoms with Gasteiger partial charge in [0.05, 0.1) is 10.9 Å². The Balaban J connectivity index is 2.54. The van der Waals surface area contributed by atoms with E-state index < -0.39 is 12.0 Å². The van der Waals surface area contributed by atoms with Gasteiger partial charge in [0.15, 0.2) is 0 Å². The highest BCUT2D eigenvalue weighted by Gasteiger charge is 2.27. The van der Waals surface area contributed by atoms with E-state index in [-0.39, 0.29) is 16.8 Å². The molecule has 1 fully saturated rings. The molecule has 0 bridgehead atoms. The molecule has 0 spiro atoms. The van der Waals surface area contributed by atoms with Crippen molar-refractivity contribution < 1.29 is 9.59 Å². The summed E-state index contributed by atoms with van der Waals surface area (Å²) in [6, 6.07) is -0.515. The number of hydrogen-bond acceptors (Lipinski definition) is 3. The van der Waals surface area contributed by atoms with Crippen molar-refractivity contribution in [3.05, 3.63) is 0 Å². The first kappa shape index (κ1) is 15.9. The molecule has 1 heterocycles. The van der Waals surface area contributed by atoms with Crippen LogP contribution >= 0.6 is 12.2 Å². The van der Waals surface area contributed by atoms with E-state index in [1.165, 1.54) is 0 Å². The van der Waals surface area contributed by atoms with E-state index >= 15 is 0 Å². The molecule has 6 heteroatoms. The zero-order valence-corrected chi connectivity index (χ0v) is 12.5. The average Bonchev–Trinajstić information content (AvgIpc) is 2.87. The summed E-state index contributed by atoms with van der Waals surface area (Å²) in [5.41, 5.74) is 5.57. The van der Waals surface area contributed by atoms with Gasteiger partial charge in [0.1, 0.15) is 6.04 Å². The van der Waals surface area contributed by atoms with Crippen molar-refractivity contribution in [3.8, 4) is 0 Å². The van der Waals surface area contributed by atoms with Crippen molar-refractivity contribution in [2.45, 2.75) is 45.6 Å². The number of amides is 2. The summed E-state index contributed by atoms with van der Waals surface area (Å²) in [6.07, 6.45) is 3.52. The largest absolute Gasteiger partial charge is 0.393 e.